The van der Waals surface area contributed by atoms with E-state index in [-0.39, 0.29) is 6.17 Å². The van der Waals surface area contributed by atoms with Crippen LogP contribution in [0.3, 0.4) is 0 Å². The maximum atomic E-state index is 6.12. The highest BCUT2D eigenvalue weighted by molar-refractivity contribution is 4.81. The van der Waals surface area contributed by atoms with Crippen molar-refractivity contribution in [2.24, 2.45) is 5.73 Å². The van der Waals surface area contributed by atoms with Gasteiger partial charge in [-0.1, -0.05) is 110 Å². The molecule has 3 N–H and O–H groups in total. The number of rotatable bonds is 18. The Hall–Kier alpha value is -0.120. The van der Waals surface area contributed by atoms with E-state index in [0.717, 1.165) is 19.6 Å². The molecule has 2 atom stereocenters. The molecule has 162 valence electrons. The smallest absolute Gasteiger partial charge is 0.0546 e. The molecule has 1 fully saturated rings. The van der Waals surface area contributed by atoms with E-state index in [1.165, 1.54) is 109 Å². The zero-order chi connectivity index (χ0) is 19.6. The SMILES string of the molecule is CCCCCCCCCCCCCCCCCCC1CNCCN1C(C)N. The number of nitrogens with zero attached hydrogens (tertiary/aromatic N) is 1. The third-order valence-corrected chi connectivity index (χ3v) is 6.31. The van der Waals surface area contributed by atoms with E-state index in [1.807, 2.05) is 0 Å². The molecule has 2 unspecified atom stereocenters. The topological polar surface area (TPSA) is 41.3 Å². The fourth-order valence-electron chi connectivity index (χ4n) is 4.51. The first-order valence-electron chi connectivity index (χ1n) is 12.5. The highest BCUT2D eigenvalue weighted by Crippen LogP contribution is 2.16. The van der Waals surface area contributed by atoms with Gasteiger partial charge in [0, 0.05) is 25.7 Å². The van der Waals surface area contributed by atoms with Crippen LogP contribution in [0.15, 0.2) is 0 Å². The van der Waals surface area contributed by atoms with Crippen molar-refractivity contribution >= 4 is 0 Å². The van der Waals surface area contributed by atoms with E-state index in [0.29, 0.717) is 6.04 Å². The second-order valence-corrected chi connectivity index (χ2v) is 8.93. The summed E-state index contributed by atoms with van der Waals surface area (Å²) < 4.78 is 0. The Kier molecular flexibility index (Phi) is 16.6. The monoisotopic (exact) mass is 381 g/mol. The fourth-order valence-corrected chi connectivity index (χ4v) is 4.51. The van der Waals surface area contributed by atoms with Crippen LogP contribution in [0.5, 0.6) is 0 Å². The van der Waals surface area contributed by atoms with Gasteiger partial charge >= 0.3 is 0 Å². The molecule has 1 heterocycles. The predicted octanol–water partition coefficient (Wildman–Crippen LogP) is 6.22. The molecule has 0 radical (unpaired) electrons. The number of unbranched alkanes of at least 4 members (excludes halogenated alkanes) is 15. The van der Waals surface area contributed by atoms with Crippen molar-refractivity contribution in [1.82, 2.24) is 10.2 Å². The minimum atomic E-state index is 0.207. The standard InChI is InChI=1S/C24H51N3/c1-3-4-5-6-7-8-9-10-11-12-13-14-15-16-17-18-19-24-22-26-20-21-27(24)23(2)25/h23-24,26H,3-22,25H2,1-2H3. The molecule has 1 aliphatic heterocycles. The summed E-state index contributed by atoms with van der Waals surface area (Å²) in [5.74, 6) is 0. The minimum absolute atomic E-state index is 0.207. The highest BCUT2D eigenvalue weighted by Gasteiger charge is 2.23. The first-order chi connectivity index (χ1) is 13.3. The Morgan fingerprint density at radius 1 is 0.778 bits per heavy atom. The average Bonchev–Trinajstić information content (AvgIpc) is 2.68. The number of piperazine rings is 1. The van der Waals surface area contributed by atoms with Crippen molar-refractivity contribution in [3.8, 4) is 0 Å². The van der Waals surface area contributed by atoms with E-state index >= 15 is 0 Å². The summed E-state index contributed by atoms with van der Waals surface area (Å²) in [6.45, 7) is 7.76. The third-order valence-electron chi connectivity index (χ3n) is 6.31. The zero-order valence-corrected chi connectivity index (χ0v) is 18.8. The molecule has 0 amide bonds. The summed E-state index contributed by atoms with van der Waals surface area (Å²) in [6, 6.07) is 0.658. The number of nitrogens with one attached hydrogen (secondary N) is 1. The molecule has 0 saturated carbocycles. The van der Waals surface area contributed by atoms with Crippen molar-refractivity contribution in [1.29, 1.82) is 0 Å². The van der Waals surface area contributed by atoms with Gasteiger partial charge in [-0.25, -0.2) is 0 Å². The first kappa shape index (κ1) is 24.9. The van der Waals surface area contributed by atoms with Crippen LogP contribution in [-0.4, -0.2) is 36.7 Å². The van der Waals surface area contributed by atoms with E-state index < -0.39 is 0 Å². The molecule has 3 nitrogen and oxygen atoms in total. The van der Waals surface area contributed by atoms with Crippen LogP contribution >= 0.6 is 0 Å². The van der Waals surface area contributed by atoms with Crippen LogP contribution in [0.1, 0.15) is 123 Å². The Morgan fingerprint density at radius 3 is 1.67 bits per heavy atom. The van der Waals surface area contributed by atoms with Crippen LogP contribution in [0.25, 0.3) is 0 Å². The Labute approximate surface area is 171 Å². The van der Waals surface area contributed by atoms with Gasteiger partial charge in [-0.2, -0.15) is 0 Å². The molecule has 0 spiro atoms. The summed E-state index contributed by atoms with van der Waals surface area (Å²) in [7, 11) is 0. The summed E-state index contributed by atoms with van der Waals surface area (Å²) >= 11 is 0. The Balaban J connectivity index is 1.79. The number of nitrogens with two attached hydrogens (primary N) is 1. The van der Waals surface area contributed by atoms with Gasteiger partial charge in [0.1, 0.15) is 0 Å². The Morgan fingerprint density at radius 2 is 1.22 bits per heavy atom. The molecule has 0 bridgehead atoms. The maximum absolute atomic E-state index is 6.12. The van der Waals surface area contributed by atoms with Crippen molar-refractivity contribution in [3.63, 3.8) is 0 Å². The van der Waals surface area contributed by atoms with Gasteiger partial charge in [-0.15, -0.1) is 0 Å². The maximum Gasteiger partial charge on any atom is 0.0546 e. The lowest BCUT2D eigenvalue weighted by molar-refractivity contribution is 0.109. The van der Waals surface area contributed by atoms with Gasteiger partial charge in [-0.3, -0.25) is 4.90 Å². The third kappa shape index (κ3) is 13.7. The molecule has 0 aromatic heterocycles. The zero-order valence-electron chi connectivity index (χ0n) is 18.8. The Bertz CT molecular complexity index is 306. The largest absolute Gasteiger partial charge is 0.316 e. The molecule has 1 saturated heterocycles. The van der Waals surface area contributed by atoms with Crippen LogP contribution in [0.4, 0.5) is 0 Å². The molecular weight excluding hydrogens is 330 g/mol. The van der Waals surface area contributed by atoms with Gasteiger partial charge in [0.2, 0.25) is 0 Å². The van der Waals surface area contributed by atoms with E-state index in [4.69, 9.17) is 5.73 Å². The second kappa shape index (κ2) is 17.9. The lowest BCUT2D eigenvalue weighted by Crippen LogP contribution is -2.56. The molecule has 0 aromatic carbocycles. The fraction of sp³-hybridized carbons (Fsp3) is 1.00. The lowest BCUT2D eigenvalue weighted by atomic mass is 10.0. The average molecular weight is 382 g/mol. The van der Waals surface area contributed by atoms with Crippen molar-refractivity contribution in [3.05, 3.63) is 0 Å². The van der Waals surface area contributed by atoms with Gasteiger partial charge in [0.15, 0.2) is 0 Å². The van der Waals surface area contributed by atoms with Crippen LogP contribution < -0.4 is 11.1 Å². The number of hydrogen-bond acceptors (Lipinski definition) is 3. The highest BCUT2D eigenvalue weighted by atomic mass is 15.3. The molecule has 27 heavy (non-hydrogen) atoms. The molecule has 0 aromatic rings. The van der Waals surface area contributed by atoms with E-state index in [2.05, 4.69) is 24.1 Å². The summed E-state index contributed by atoms with van der Waals surface area (Å²) in [6.07, 6.45) is 24.6. The summed E-state index contributed by atoms with van der Waals surface area (Å²) in [5.41, 5.74) is 6.12. The van der Waals surface area contributed by atoms with Gasteiger partial charge in [0.25, 0.3) is 0 Å². The quantitative estimate of drug-likeness (QED) is 0.277. The summed E-state index contributed by atoms with van der Waals surface area (Å²) in [5, 5.41) is 3.53. The molecule has 1 aliphatic rings. The lowest BCUT2D eigenvalue weighted by Gasteiger charge is -2.38. The van der Waals surface area contributed by atoms with Crippen molar-refractivity contribution < 1.29 is 0 Å². The van der Waals surface area contributed by atoms with Crippen LogP contribution in [-0.2, 0) is 0 Å². The predicted molar refractivity (Wildman–Crippen MR) is 121 cm³/mol. The van der Waals surface area contributed by atoms with Crippen LogP contribution in [0, 0.1) is 0 Å². The molecule has 1 rings (SSSR count). The van der Waals surface area contributed by atoms with Crippen LogP contribution in [0.2, 0.25) is 0 Å². The minimum Gasteiger partial charge on any atom is -0.316 e. The number of hydrogen-bond donors (Lipinski definition) is 2. The van der Waals surface area contributed by atoms with E-state index in [9.17, 15) is 0 Å². The van der Waals surface area contributed by atoms with Crippen molar-refractivity contribution in [2.75, 3.05) is 19.6 Å². The molecular formula is C24H51N3. The van der Waals surface area contributed by atoms with Gasteiger partial charge < -0.3 is 11.1 Å². The normalized spacial score (nSPS) is 19.4. The van der Waals surface area contributed by atoms with Gasteiger partial charge in [-0.05, 0) is 13.3 Å². The molecule has 3 heteroatoms. The summed E-state index contributed by atoms with van der Waals surface area (Å²) in [4.78, 5) is 2.49. The van der Waals surface area contributed by atoms with Gasteiger partial charge in [0.05, 0.1) is 6.17 Å². The molecule has 0 aliphatic carbocycles. The van der Waals surface area contributed by atoms with Crippen molar-refractivity contribution in [2.45, 2.75) is 135 Å². The second-order valence-electron chi connectivity index (χ2n) is 8.93. The van der Waals surface area contributed by atoms with E-state index in [1.54, 1.807) is 0 Å². The first-order valence-corrected chi connectivity index (χ1v) is 12.5.